The molecule has 96 valence electrons. The highest BCUT2D eigenvalue weighted by Gasteiger charge is 2.04. The van der Waals surface area contributed by atoms with Crippen molar-refractivity contribution in [2.75, 3.05) is 0 Å². The van der Waals surface area contributed by atoms with E-state index in [4.69, 9.17) is 4.74 Å². The summed E-state index contributed by atoms with van der Waals surface area (Å²) in [5.41, 5.74) is 3.08. The van der Waals surface area contributed by atoms with E-state index in [-0.39, 0.29) is 0 Å². The van der Waals surface area contributed by atoms with Crippen molar-refractivity contribution >= 4 is 11.0 Å². The van der Waals surface area contributed by atoms with E-state index >= 15 is 0 Å². The van der Waals surface area contributed by atoms with Crippen LogP contribution in [-0.4, -0.2) is 14.5 Å². The highest BCUT2D eigenvalue weighted by atomic mass is 16.5. The number of hydrogen-bond donors (Lipinski definition) is 0. The number of fused-ring (bicyclic) bond motifs is 1. The fourth-order valence-corrected chi connectivity index (χ4v) is 2.07. The summed E-state index contributed by atoms with van der Waals surface area (Å²) in [5, 5.41) is 1.07. The van der Waals surface area contributed by atoms with Crippen LogP contribution in [0.4, 0.5) is 0 Å². The van der Waals surface area contributed by atoms with Crippen LogP contribution in [0.15, 0.2) is 48.9 Å². The van der Waals surface area contributed by atoms with Crippen LogP contribution in [0.25, 0.3) is 11.0 Å². The Labute approximate surface area is 111 Å². The van der Waals surface area contributed by atoms with Gasteiger partial charge in [-0.25, -0.2) is 9.97 Å². The molecular formula is C15H15N3O. The summed E-state index contributed by atoms with van der Waals surface area (Å²) in [5.74, 6) is 0. The maximum Gasteiger partial charge on any atom is 0.145 e. The van der Waals surface area contributed by atoms with Crippen molar-refractivity contribution in [3.8, 4) is 0 Å². The van der Waals surface area contributed by atoms with E-state index in [1.54, 1.807) is 6.33 Å². The monoisotopic (exact) mass is 253 g/mol. The lowest BCUT2D eigenvalue weighted by atomic mass is 10.2. The molecule has 0 fully saturated rings. The summed E-state index contributed by atoms with van der Waals surface area (Å²) in [6, 6.07) is 12.2. The topological polar surface area (TPSA) is 39.9 Å². The first kappa shape index (κ1) is 11.9. The Hall–Kier alpha value is -2.20. The second kappa shape index (κ2) is 5.20. The summed E-state index contributed by atoms with van der Waals surface area (Å²) in [6.07, 6.45) is 3.57. The van der Waals surface area contributed by atoms with Gasteiger partial charge in [0, 0.05) is 11.6 Å². The van der Waals surface area contributed by atoms with E-state index < -0.39 is 0 Å². The molecule has 19 heavy (non-hydrogen) atoms. The van der Waals surface area contributed by atoms with E-state index in [2.05, 4.69) is 22.1 Å². The van der Waals surface area contributed by atoms with Gasteiger partial charge in [-0.05, 0) is 18.6 Å². The van der Waals surface area contributed by atoms with Crippen LogP contribution in [0.1, 0.15) is 11.3 Å². The van der Waals surface area contributed by atoms with E-state index in [0.717, 1.165) is 16.7 Å². The predicted octanol–water partition coefficient (Wildman–Crippen LogP) is 2.91. The Morgan fingerprint density at radius 2 is 1.95 bits per heavy atom. The van der Waals surface area contributed by atoms with Crippen LogP contribution in [0.5, 0.6) is 0 Å². The van der Waals surface area contributed by atoms with Gasteiger partial charge in [-0.2, -0.15) is 0 Å². The highest BCUT2D eigenvalue weighted by Crippen LogP contribution is 2.15. The van der Waals surface area contributed by atoms with Gasteiger partial charge in [0.2, 0.25) is 0 Å². The predicted molar refractivity (Wildman–Crippen MR) is 73.5 cm³/mol. The molecule has 2 aromatic heterocycles. The van der Waals surface area contributed by atoms with Crippen molar-refractivity contribution in [1.82, 2.24) is 14.5 Å². The second-order valence-corrected chi connectivity index (χ2v) is 4.45. The molecule has 0 aliphatic heterocycles. The molecule has 3 aromatic rings. The number of hydrogen-bond acceptors (Lipinski definition) is 3. The third kappa shape index (κ3) is 2.48. The maximum atomic E-state index is 5.71. The molecule has 0 bridgehead atoms. The quantitative estimate of drug-likeness (QED) is 0.717. The van der Waals surface area contributed by atoms with E-state index in [1.807, 2.05) is 42.0 Å². The molecule has 0 unspecified atom stereocenters. The van der Waals surface area contributed by atoms with Crippen LogP contribution < -0.4 is 0 Å². The molecule has 4 heteroatoms. The standard InChI is InChI=1S/C15H15N3O/c1-12-14-7-8-18(15(14)17-10-16-12)11-19-9-13-5-3-2-4-6-13/h2-8,10H,9,11H2,1H3. The van der Waals surface area contributed by atoms with Gasteiger partial charge >= 0.3 is 0 Å². The molecule has 0 aliphatic rings. The minimum Gasteiger partial charge on any atom is -0.356 e. The van der Waals surface area contributed by atoms with Gasteiger partial charge in [-0.1, -0.05) is 30.3 Å². The van der Waals surface area contributed by atoms with Crippen molar-refractivity contribution in [3.05, 3.63) is 60.2 Å². The summed E-state index contributed by atoms with van der Waals surface area (Å²) in [7, 11) is 0. The minimum atomic E-state index is 0.495. The largest absolute Gasteiger partial charge is 0.356 e. The van der Waals surface area contributed by atoms with E-state index in [0.29, 0.717) is 13.3 Å². The molecule has 0 saturated heterocycles. The van der Waals surface area contributed by atoms with Gasteiger partial charge in [0.15, 0.2) is 0 Å². The third-order valence-corrected chi connectivity index (χ3v) is 3.10. The molecule has 3 rings (SSSR count). The molecule has 0 amide bonds. The SMILES string of the molecule is Cc1ncnc2c1ccn2COCc1ccccc1. The molecule has 0 N–H and O–H groups in total. The van der Waals surface area contributed by atoms with Gasteiger partial charge in [-0.15, -0.1) is 0 Å². The average Bonchev–Trinajstić information content (AvgIpc) is 2.85. The summed E-state index contributed by atoms with van der Waals surface area (Å²) in [6.45, 7) is 3.08. The van der Waals surface area contributed by atoms with Crippen LogP contribution in [0.3, 0.4) is 0 Å². The van der Waals surface area contributed by atoms with Crippen molar-refractivity contribution in [3.63, 3.8) is 0 Å². The Morgan fingerprint density at radius 1 is 1.11 bits per heavy atom. The molecule has 0 aliphatic carbocycles. The van der Waals surface area contributed by atoms with Gasteiger partial charge in [0.25, 0.3) is 0 Å². The maximum absolute atomic E-state index is 5.71. The number of rotatable bonds is 4. The summed E-state index contributed by atoms with van der Waals surface area (Å²) < 4.78 is 7.71. The number of nitrogens with zero attached hydrogens (tertiary/aromatic N) is 3. The Balaban J connectivity index is 1.71. The van der Waals surface area contributed by atoms with Crippen molar-refractivity contribution < 1.29 is 4.74 Å². The third-order valence-electron chi connectivity index (χ3n) is 3.10. The van der Waals surface area contributed by atoms with E-state index in [1.165, 1.54) is 5.56 Å². The zero-order chi connectivity index (χ0) is 13.1. The lowest BCUT2D eigenvalue weighted by Crippen LogP contribution is -2.02. The Bertz CT molecular complexity index is 676. The molecule has 0 radical (unpaired) electrons. The first-order chi connectivity index (χ1) is 9.34. The minimum absolute atomic E-state index is 0.495. The summed E-state index contributed by atoms with van der Waals surface area (Å²) >= 11 is 0. The van der Waals surface area contributed by atoms with Crippen LogP contribution in [0, 0.1) is 6.92 Å². The van der Waals surface area contributed by atoms with Gasteiger partial charge < -0.3 is 9.30 Å². The molecular weight excluding hydrogens is 238 g/mol. The second-order valence-electron chi connectivity index (χ2n) is 4.45. The lowest BCUT2D eigenvalue weighted by Gasteiger charge is -2.06. The highest BCUT2D eigenvalue weighted by molar-refractivity contribution is 5.78. The molecule has 1 aromatic carbocycles. The van der Waals surface area contributed by atoms with Crippen LogP contribution >= 0.6 is 0 Å². The first-order valence-electron chi connectivity index (χ1n) is 6.23. The zero-order valence-corrected chi connectivity index (χ0v) is 10.8. The fourth-order valence-electron chi connectivity index (χ4n) is 2.07. The number of aromatic nitrogens is 3. The molecule has 2 heterocycles. The van der Waals surface area contributed by atoms with Crippen LogP contribution in [-0.2, 0) is 18.1 Å². The molecule has 0 atom stereocenters. The van der Waals surface area contributed by atoms with Crippen molar-refractivity contribution in [1.29, 1.82) is 0 Å². The number of ether oxygens (including phenoxy) is 1. The fraction of sp³-hybridized carbons (Fsp3) is 0.200. The van der Waals surface area contributed by atoms with E-state index in [9.17, 15) is 0 Å². The van der Waals surface area contributed by atoms with Crippen LogP contribution in [0.2, 0.25) is 0 Å². The normalized spacial score (nSPS) is 11.0. The van der Waals surface area contributed by atoms with Crippen molar-refractivity contribution in [2.24, 2.45) is 0 Å². The number of aryl methyl sites for hydroxylation is 1. The number of benzene rings is 1. The van der Waals surface area contributed by atoms with Crippen molar-refractivity contribution in [2.45, 2.75) is 20.3 Å². The Kier molecular flexibility index (Phi) is 3.25. The first-order valence-corrected chi connectivity index (χ1v) is 6.23. The molecule has 0 saturated carbocycles. The molecule has 4 nitrogen and oxygen atoms in total. The lowest BCUT2D eigenvalue weighted by molar-refractivity contribution is 0.0664. The molecule has 0 spiro atoms. The van der Waals surface area contributed by atoms with Gasteiger partial charge in [0.05, 0.1) is 12.3 Å². The van der Waals surface area contributed by atoms with Gasteiger partial charge in [0.1, 0.15) is 18.7 Å². The van der Waals surface area contributed by atoms with Gasteiger partial charge in [-0.3, -0.25) is 0 Å². The average molecular weight is 253 g/mol. The zero-order valence-electron chi connectivity index (χ0n) is 10.8. The Morgan fingerprint density at radius 3 is 2.79 bits per heavy atom. The summed E-state index contributed by atoms with van der Waals surface area (Å²) in [4.78, 5) is 8.48. The smallest absolute Gasteiger partial charge is 0.145 e.